The molecule has 1 aliphatic heterocycles. The van der Waals surface area contributed by atoms with Gasteiger partial charge in [-0.25, -0.2) is 0 Å². The summed E-state index contributed by atoms with van der Waals surface area (Å²) >= 11 is 0. The molecule has 0 N–H and O–H groups in total. The van der Waals surface area contributed by atoms with Gasteiger partial charge in [0, 0.05) is 17.7 Å². The highest BCUT2D eigenvalue weighted by Gasteiger charge is 2.37. The molecule has 1 aromatic carbocycles. The zero-order valence-electron chi connectivity index (χ0n) is 13.4. The Kier molecular flexibility index (Phi) is 4.37. The lowest BCUT2D eigenvalue weighted by Gasteiger charge is -2.21. The molecule has 1 atom stereocenters. The predicted molar refractivity (Wildman–Crippen MR) is 84.1 cm³/mol. The predicted octanol–water partition coefficient (Wildman–Crippen LogP) is 4.19. The van der Waals surface area contributed by atoms with Crippen LogP contribution in [0.1, 0.15) is 74.5 Å². The number of carbonyl (C=O) groups is 1. The second kappa shape index (κ2) is 5.89. The van der Waals surface area contributed by atoms with Gasteiger partial charge < -0.3 is 4.90 Å². The van der Waals surface area contributed by atoms with Gasteiger partial charge in [-0.15, -0.1) is 0 Å². The zero-order valence-corrected chi connectivity index (χ0v) is 13.4. The van der Waals surface area contributed by atoms with Crippen LogP contribution in [0.4, 0.5) is 0 Å². The van der Waals surface area contributed by atoms with Gasteiger partial charge in [0.1, 0.15) is 6.04 Å². The molecule has 0 aromatic heterocycles. The quantitative estimate of drug-likeness (QED) is 0.778. The number of carbonyl (C=O) groups excluding carboxylic acids is 1. The van der Waals surface area contributed by atoms with Crippen molar-refractivity contribution in [2.75, 3.05) is 6.54 Å². The fourth-order valence-electron chi connectivity index (χ4n) is 2.79. The van der Waals surface area contributed by atoms with Crippen molar-refractivity contribution in [3.05, 3.63) is 34.9 Å². The summed E-state index contributed by atoms with van der Waals surface area (Å²) in [5, 5.41) is 9.51. The van der Waals surface area contributed by atoms with Gasteiger partial charge in [-0.05, 0) is 23.5 Å². The lowest BCUT2D eigenvalue weighted by Crippen LogP contribution is -2.28. The van der Waals surface area contributed by atoms with Crippen molar-refractivity contribution in [3.8, 4) is 6.07 Å². The highest BCUT2D eigenvalue weighted by Crippen LogP contribution is 2.36. The van der Waals surface area contributed by atoms with Crippen LogP contribution in [0.2, 0.25) is 0 Å². The van der Waals surface area contributed by atoms with Crippen LogP contribution < -0.4 is 0 Å². The number of hydrogen-bond donors (Lipinski definition) is 0. The van der Waals surface area contributed by atoms with Crippen LogP contribution in [0.5, 0.6) is 0 Å². The maximum atomic E-state index is 12.5. The summed E-state index contributed by atoms with van der Waals surface area (Å²) in [7, 11) is 0. The molecule has 0 saturated heterocycles. The number of nitriles is 1. The molecule has 0 radical (unpaired) electrons. The smallest absolute Gasteiger partial charge is 0.255 e. The Labute approximate surface area is 127 Å². The Hall–Kier alpha value is -1.82. The third-order valence-corrected chi connectivity index (χ3v) is 4.14. The van der Waals surface area contributed by atoms with Gasteiger partial charge in [-0.3, -0.25) is 4.79 Å². The molecule has 2 rings (SSSR count). The van der Waals surface area contributed by atoms with Gasteiger partial charge in [0.15, 0.2) is 0 Å². The first-order chi connectivity index (χ1) is 9.90. The Balaban J connectivity index is 2.33. The van der Waals surface area contributed by atoms with Crippen molar-refractivity contribution in [1.82, 2.24) is 4.90 Å². The lowest BCUT2D eigenvalue weighted by atomic mass is 9.85. The largest absolute Gasteiger partial charge is 0.318 e. The fourth-order valence-corrected chi connectivity index (χ4v) is 2.79. The topological polar surface area (TPSA) is 44.1 Å². The first-order valence-electron chi connectivity index (χ1n) is 7.75. The summed E-state index contributed by atoms with van der Waals surface area (Å²) in [5.41, 5.74) is 2.77. The minimum absolute atomic E-state index is 0.00751. The second-order valence-corrected chi connectivity index (χ2v) is 6.79. The SMILES string of the molecule is CCCCCN1C(=O)c2ccc(C(C)(C)C)cc2C1C#N. The Morgan fingerprint density at radius 3 is 2.57 bits per heavy atom. The average Bonchev–Trinajstić information content (AvgIpc) is 2.70. The van der Waals surface area contributed by atoms with E-state index < -0.39 is 6.04 Å². The normalized spacial score (nSPS) is 17.8. The van der Waals surface area contributed by atoms with E-state index in [-0.39, 0.29) is 11.3 Å². The van der Waals surface area contributed by atoms with E-state index in [1.807, 2.05) is 18.2 Å². The lowest BCUT2D eigenvalue weighted by molar-refractivity contribution is 0.0754. The number of rotatable bonds is 4. The first-order valence-corrected chi connectivity index (χ1v) is 7.75. The van der Waals surface area contributed by atoms with Crippen LogP contribution >= 0.6 is 0 Å². The van der Waals surface area contributed by atoms with Gasteiger partial charge in [0.25, 0.3) is 5.91 Å². The molecular formula is C18H24N2O. The highest BCUT2D eigenvalue weighted by molar-refractivity contribution is 5.99. The van der Waals surface area contributed by atoms with E-state index in [1.54, 1.807) is 4.90 Å². The van der Waals surface area contributed by atoms with E-state index in [1.165, 1.54) is 5.56 Å². The summed E-state index contributed by atoms with van der Waals surface area (Å²) in [4.78, 5) is 14.2. The molecular weight excluding hydrogens is 260 g/mol. The molecule has 1 amide bonds. The third-order valence-electron chi connectivity index (χ3n) is 4.14. The number of benzene rings is 1. The number of hydrogen-bond acceptors (Lipinski definition) is 2. The van der Waals surface area contributed by atoms with E-state index in [2.05, 4.69) is 33.8 Å². The fraction of sp³-hybridized carbons (Fsp3) is 0.556. The molecule has 0 bridgehead atoms. The molecule has 1 unspecified atom stereocenters. The van der Waals surface area contributed by atoms with Gasteiger partial charge in [0.05, 0.1) is 6.07 Å². The summed E-state index contributed by atoms with van der Waals surface area (Å²) in [6.07, 6.45) is 3.16. The van der Waals surface area contributed by atoms with Gasteiger partial charge in [0.2, 0.25) is 0 Å². The molecule has 21 heavy (non-hydrogen) atoms. The first kappa shape index (κ1) is 15.6. The molecule has 1 aromatic rings. The second-order valence-electron chi connectivity index (χ2n) is 6.79. The van der Waals surface area contributed by atoms with E-state index >= 15 is 0 Å². The van der Waals surface area contributed by atoms with Crippen LogP contribution in [0.3, 0.4) is 0 Å². The summed E-state index contributed by atoms with van der Waals surface area (Å²) in [5.74, 6) is 0.00751. The highest BCUT2D eigenvalue weighted by atomic mass is 16.2. The molecule has 1 heterocycles. The average molecular weight is 284 g/mol. The Morgan fingerprint density at radius 1 is 1.29 bits per heavy atom. The van der Waals surface area contributed by atoms with Gasteiger partial charge in [-0.1, -0.05) is 52.7 Å². The minimum Gasteiger partial charge on any atom is -0.318 e. The molecule has 0 spiro atoms. The number of fused-ring (bicyclic) bond motifs is 1. The zero-order chi connectivity index (χ0) is 15.6. The molecule has 3 heteroatoms. The van der Waals surface area contributed by atoms with Crippen LogP contribution in [0, 0.1) is 11.3 Å². The molecule has 112 valence electrons. The number of nitrogens with zero attached hydrogens (tertiary/aromatic N) is 2. The maximum Gasteiger partial charge on any atom is 0.255 e. The van der Waals surface area contributed by atoms with Crippen molar-refractivity contribution < 1.29 is 4.79 Å². The van der Waals surface area contributed by atoms with E-state index in [0.717, 1.165) is 24.8 Å². The van der Waals surface area contributed by atoms with Crippen molar-refractivity contribution >= 4 is 5.91 Å². The number of unbranched alkanes of at least 4 members (excludes halogenated alkanes) is 2. The monoisotopic (exact) mass is 284 g/mol. The molecule has 3 nitrogen and oxygen atoms in total. The standard InChI is InChI=1S/C18H24N2O/c1-5-6-7-10-20-16(12-19)15-11-13(18(2,3)4)8-9-14(15)17(20)21/h8-9,11,16H,5-7,10H2,1-4H3. The summed E-state index contributed by atoms with van der Waals surface area (Å²) < 4.78 is 0. The van der Waals surface area contributed by atoms with Gasteiger partial charge >= 0.3 is 0 Å². The van der Waals surface area contributed by atoms with Crippen molar-refractivity contribution in [1.29, 1.82) is 5.26 Å². The molecule has 0 fully saturated rings. The molecule has 0 aliphatic carbocycles. The van der Waals surface area contributed by atoms with E-state index in [4.69, 9.17) is 0 Å². The third kappa shape index (κ3) is 2.95. The Morgan fingerprint density at radius 2 is 2.00 bits per heavy atom. The molecule has 0 saturated carbocycles. The summed E-state index contributed by atoms with van der Waals surface area (Å²) in [6, 6.07) is 7.84. The minimum atomic E-state index is -0.424. The van der Waals surface area contributed by atoms with Crippen molar-refractivity contribution in [2.24, 2.45) is 0 Å². The maximum absolute atomic E-state index is 12.5. The van der Waals surface area contributed by atoms with Crippen LogP contribution in [0.15, 0.2) is 18.2 Å². The van der Waals surface area contributed by atoms with E-state index in [0.29, 0.717) is 12.1 Å². The summed E-state index contributed by atoms with van der Waals surface area (Å²) in [6.45, 7) is 9.24. The molecule has 1 aliphatic rings. The van der Waals surface area contributed by atoms with Crippen LogP contribution in [-0.4, -0.2) is 17.4 Å². The Bertz CT molecular complexity index is 578. The van der Waals surface area contributed by atoms with Crippen molar-refractivity contribution in [2.45, 2.75) is 58.4 Å². The van der Waals surface area contributed by atoms with Crippen LogP contribution in [0.25, 0.3) is 0 Å². The van der Waals surface area contributed by atoms with Gasteiger partial charge in [-0.2, -0.15) is 5.26 Å². The van der Waals surface area contributed by atoms with Crippen LogP contribution in [-0.2, 0) is 5.41 Å². The number of amides is 1. The van der Waals surface area contributed by atoms with E-state index in [9.17, 15) is 10.1 Å². The van der Waals surface area contributed by atoms with Crippen molar-refractivity contribution in [3.63, 3.8) is 0 Å².